The first kappa shape index (κ1) is 24.1. The predicted molar refractivity (Wildman–Crippen MR) is 124 cm³/mol. The van der Waals surface area contributed by atoms with Crippen molar-refractivity contribution in [3.63, 3.8) is 0 Å². The van der Waals surface area contributed by atoms with E-state index in [-0.39, 0.29) is 22.0 Å². The third-order valence-corrected chi connectivity index (χ3v) is 7.84. The van der Waals surface area contributed by atoms with E-state index in [0.717, 1.165) is 19.5 Å². The van der Waals surface area contributed by atoms with Crippen molar-refractivity contribution >= 4 is 60.7 Å². The second-order valence-electron chi connectivity index (χ2n) is 7.07. The van der Waals surface area contributed by atoms with Crippen molar-refractivity contribution in [1.29, 1.82) is 0 Å². The zero-order chi connectivity index (χ0) is 23.3. The van der Waals surface area contributed by atoms with E-state index >= 15 is 0 Å². The highest BCUT2D eigenvalue weighted by atomic mass is 35.5. The van der Waals surface area contributed by atoms with Gasteiger partial charge in [0, 0.05) is 26.2 Å². The third kappa shape index (κ3) is 6.04. The van der Waals surface area contributed by atoms with Gasteiger partial charge < -0.3 is 10.1 Å². The number of carbonyl (C=O) groups excluding carboxylic acids is 2. The van der Waals surface area contributed by atoms with Crippen LogP contribution in [0.4, 0.5) is 5.69 Å². The molecule has 32 heavy (non-hydrogen) atoms. The number of sulfonamides is 1. The van der Waals surface area contributed by atoms with Crippen molar-refractivity contribution in [2.24, 2.45) is 0 Å². The number of para-hydroxylation sites is 1. The molecule has 1 aromatic heterocycles. The number of esters is 1. The molecular formula is C21H22ClN3O5S2. The first-order chi connectivity index (χ1) is 15.2. The summed E-state index contributed by atoms with van der Waals surface area (Å²) in [4.78, 5) is 28.4. The summed E-state index contributed by atoms with van der Waals surface area (Å²) in [5, 5.41) is 3.49. The first-order valence-corrected chi connectivity index (χ1v) is 12.3. The molecule has 3 aromatic rings. The Hall–Kier alpha value is -2.53. The Morgan fingerprint density at radius 3 is 2.66 bits per heavy atom. The molecule has 0 unspecified atom stereocenters. The number of nitrogens with one attached hydrogen (secondary N) is 1. The summed E-state index contributed by atoms with van der Waals surface area (Å²) >= 11 is 7.58. The lowest BCUT2D eigenvalue weighted by molar-refractivity contribution is -0.147. The number of carbonyl (C=O) groups is 2. The largest absolute Gasteiger partial charge is 0.456 e. The number of halogens is 1. The minimum atomic E-state index is -3.77. The van der Waals surface area contributed by atoms with Gasteiger partial charge in [-0.15, -0.1) is 11.3 Å². The number of rotatable bonds is 9. The topological polar surface area (TPSA) is 106 Å². The molecule has 0 radical (unpaired) electrons. The molecule has 1 amide bonds. The number of anilines is 1. The number of benzene rings is 2. The van der Waals surface area contributed by atoms with Crippen molar-refractivity contribution in [2.75, 3.05) is 26.0 Å². The molecule has 8 nitrogen and oxygen atoms in total. The van der Waals surface area contributed by atoms with Crippen LogP contribution in [0.15, 0.2) is 47.4 Å². The van der Waals surface area contributed by atoms with Crippen molar-refractivity contribution in [1.82, 2.24) is 9.29 Å². The molecule has 2 aromatic carbocycles. The molecule has 0 saturated heterocycles. The normalized spacial score (nSPS) is 11.6. The van der Waals surface area contributed by atoms with Gasteiger partial charge in [-0.1, -0.05) is 23.7 Å². The minimum Gasteiger partial charge on any atom is -0.456 e. The molecule has 0 fully saturated rings. The molecule has 0 spiro atoms. The van der Waals surface area contributed by atoms with Crippen molar-refractivity contribution < 1.29 is 22.7 Å². The molecule has 11 heteroatoms. The van der Waals surface area contributed by atoms with E-state index in [1.165, 1.54) is 32.3 Å². The fraction of sp³-hybridized carbons (Fsp3) is 0.286. The smallest absolute Gasteiger partial charge is 0.306 e. The zero-order valence-corrected chi connectivity index (χ0v) is 19.9. The van der Waals surface area contributed by atoms with E-state index in [1.54, 1.807) is 11.3 Å². The Labute approximate surface area is 195 Å². The molecule has 0 bridgehead atoms. The highest BCUT2D eigenvalue weighted by Crippen LogP contribution is 2.27. The van der Waals surface area contributed by atoms with E-state index in [4.69, 9.17) is 16.3 Å². The zero-order valence-electron chi connectivity index (χ0n) is 17.5. The van der Waals surface area contributed by atoms with Crippen LogP contribution in [-0.2, 0) is 30.8 Å². The van der Waals surface area contributed by atoms with Crippen LogP contribution in [0, 0.1) is 0 Å². The molecule has 0 saturated carbocycles. The standard InChI is InChI=1S/C21H22ClN3O5S2/c1-25(2)32(28,29)18-12-14(10-11-15(18)22)23-19(26)13-30-21(27)9-5-8-20-24-16-6-3-4-7-17(16)31-20/h3-4,6-7,10-12H,5,8-9,13H2,1-2H3,(H,23,26). The number of hydrogen-bond donors (Lipinski definition) is 1. The number of aromatic nitrogens is 1. The van der Waals surface area contributed by atoms with E-state index < -0.39 is 28.5 Å². The monoisotopic (exact) mass is 495 g/mol. The Balaban J connectivity index is 1.46. The highest BCUT2D eigenvalue weighted by molar-refractivity contribution is 7.89. The van der Waals surface area contributed by atoms with Gasteiger partial charge in [-0.3, -0.25) is 9.59 Å². The summed E-state index contributed by atoms with van der Waals surface area (Å²) < 4.78 is 31.8. The first-order valence-electron chi connectivity index (χ1n) is 9.69. The number of nitrogens with zero attached hydrogens (tertiary/aromatic N) is 2. The van der Waals surface area contributed by atoms with E-state index in [2.05, 4.69) is 10.3 Å². The molecule has 0 aliphatic carbocycles. The number of amides is 1. The second-order valence-corrected chi connectivity index (χ2v) is 10.7. The average molecular weight is 496 g/mol. The number of thiazole rings is 1. The molecule has 0 atom stereocenters. The highest BCUT2D eigenvalue weighted by Gasteiger charge is 2.21. The Morgan fingerprint density at radius 2 is 1.94 bits per heavy atom. The van der Waals surface area contributed by atoms with Gasteiger partial charge in [0.05, 0.1) is 20.2 Å². The van der Waals surface area contributed by atoms with Gasteiger partial charge >= 0.3 is 5.97 Å². The number of ether oxygens (including phenoxy) is 1. The Kier molecular flexibility index (Phi) is 7.83. The van der Waals surface area contributed by atoms with Gasteiger partial charge in [0.15, 0.2) is 6.61 Å². The van der Waals surface area contributed by atoms with Crippen LogP contribution in [0.3, 0.4) is 0 Å². The van der Waals surface area contributed by atoms with Gasteiger partial charge in [0.2, 0.25) is 10.0 Å². The van der Waals surface area contributed by atoms with Crippen molar-refractivity contribution in [3.8, 4) is 0 Å². The molecule has 1 heterocycles. The molecular weight excluding hydrogens is 474 g/mol. The summed E-state index contributed by atoms with van der Waals surface area (Å²) in [6.45, 7) is -0.474. The molecule has 1 N–H and O–H groups in total. The summed E-state index contributed by atoms with van der Waals surface area (Å²) in [7, 11) is -1.01. The maximum absolute atomic E-state index is 12.3. The number of hydrogen-bond acceptors (Lipinski definition) is 7. The van der Waals surface area contributed by atoms with Crippen LogP contribution in [0.1, 0.15) is 17.8 Å². The van der Waals surface area contributed by atoms with E-state index in [0.29, 0.717) is 12.8 Å². The lowest BCUT2D eigenvalue weighted by atomic mass is 10.2. The quantitative estimate of drug-likeness (QED) is 0.454. The fourth-order valence-electron chi connectivity index (χ4n) is 2.80. The molecule has 0 aliphatic heterocycles. The van der Waals surface area contributed by atoms with Crippen LogP contribution >= 0.6 is 22.9 Å². The SMILES string of the molecule is CN(C)S(=O)(=O)c1cc(NC(=O)COC(=O)CCCc2nc3ccccc3s2)ccc1Cl. The van der Waals surface area contributed by atoms with E-state index in [1.807, 2.05) is 24.3 Å². The van der Waals surface area contributed by atoms with Gasteiger partial charge in [-0.2, -0.15) is 0 Å². The van der Waals surface area contributed by atoms with E-state index in [9.17, 15) is 18.0 Å². The Bertz CT molecular complexity index is 1210. The van der Waals surface area contributed by atoms with Gasteiger partial charge in [-0.25, -0.2) is 17.7 Å². The summed E-state index contributed by atoms with van der Waals surface area (Å²) in [6, 6.07) is 11.9. The average Bonchev–Trinajstić information content (AvgIpc) is 3.16. The summed E-state index contributed by atoms with van der Waals surface area (Å²) in [6.07, 6.45) is 1.37. The Morgan fingerprint density at radius 1 is 1.19 bits per heavy atom. The maximum atomic E-state index is 12.3. The predicted octanol–water partition coefficient (Wildman–Crippen LogP) is 3.70. The van der Waals surface area contributed by atoms with Gasteiger partial charge in [0.25, 0.3) is 5.91 Å². The molecule has 170 valence electrons. The number of aryl methyl sites for hydroxylation is 1. The molecule has 0 aliphatic rings. The number of fused-ring (bicyclic) bond motifs is 1. The third-order valence-electron chi connectivity index (χ3n) is 4.45. The van der Waals surface area contributed by atoms with Crippen LogP contribution in [0.2, 0.25) is 5.02 Å². The molecule has 3 rings (SSSR count). The van der Waals surface area contributed by atoms with Crippen LogP contribution < -0.4 is 5.32 Å². The van der Waals surface area contributed by atoms with Crippen LogP contribution in [-0.4, -0.2) is 50.3 Å². The van der Waals surface area contributed by atoms with Gasteiger partial charge in [0.1, 0.15) is 4.90 Å². The van der Waals surface area contributed by atoms with Crippen LogP contribution in [0.25, 0.3) is 10.2 Å². The second kappa shape index (κ2) is 10.4. The van der Waals surface area contributed by atoms with Crippen molar-refractivity contribution in [2.45, 2.75) is 24.2 Å². The summed E-state index contributed by atoms with van der Waals surface area (Å²) in [5.74, 6) is -1.08. The fourth-order valence-corrected chi connectivity index (χ4v) is 5.20. The van der Waals surface area contributed by atoms with Crippen molar-refractivity contribution in [3.05, 3.63) is 52.5 Å². The lowest BCUT2D eigenvalue weighted by Crippen LogP contribution is -2.23. The lowest BCUT2D eigenvalue weighted by Gasteiger charge is -2.14. The van der Waals surface area contributed by atoms with Crippen LogP contribution in [0.5, 0.6) is 0 Å². The summed E-state index contributed by atoms with van der Waals surface area (Å²) in [5.41, 5.74) is 1.17. The maximum Gasteiger partial charge on any atom is 0.306 e. The minimum absolute atomic E-state index is 0.0382. The van der Waals surface area contributed by atoms with Gasteiger partial charge in [-0.05, 0) is 43.2 Å².